The minimum absolute atomic E-state index is 0.252. The molecule has 0 amide bonds. The number of nitrogens with zero attached hydrogens (tertiary/aromatic N) is 3. The zero-order chi connectivity index (χ0) is 23.9. The fourth-order valence-corrected chi connectivity index (χ4v) is 4.33. The molecule has 0 radical (unpaired) electrons. The van der Waals surface area contributed by atoms with Crippen LogP contribution >= 0.6 is 15.9 Å². The zero-order valence-electron chi connectivity index (χ0n) is 20.0. The van der Waals surface area contributed by atoms with Crippen molar-refractivity contribution in [2.75, 3.05) is 5.32 Å². The molecular formula is C24H36BrFN4O2. The van der Waals surface area contributed by atoms with Gasteiger partial charge in [0, 0.05) is 12.0 Å². The first-order chi connectivity index (χ1) is 14.9. The molecule has 1 fully saturated rings. The third-order valence-electron chi connectivity index (χ3n) is 5.11. The van der Waals surface area contributed by atoms with Crippen molar-refractivity contribution in [3.63, 3.8) is 0 Å². The molecule has 1 aliphatic carbocycles. The van der Waals surface area contributed by atoms with Crippen LogP contribution in [0.15, 0.2) is 32.5 Å². The van der Waals surface area contributed by atoms with Crippen molar-refractivity contribution in [2.45, 2.75) is 85.6 Å². The summed E-state index contributed by atoms with van der Waals surface area (Å²) in [4.78, 5) is 0. The molecule has 2 N–H and O–H groups in total. The standard InChI is InChI=1S/C14H16BrFN4O2.C10H20/c1-14(2,3)17-13-12(19-22-20-13)11(18-21)7-8-4-5-10(16)9(15)6-8;1-10(2,3)8-9-6-4-5-7-9/h4-6,21H,7H2,1-3H3,(H,17,20);9H,4-8H2,1-3H3/b18-11+;. The first-order valence-electron chi connectivity index (χ1n) is 11.1. The van der Waals surface area contributed by atoms with Gasteiger partial charge in [0.2, 0.25) is 5.82 Å². The molecule has 0 saturated heterocycles. The second kappa shape index (κ2) is 11.3. The van der Waals surface area contributed by atoms with E-state index in [9.17, 15) is 9.60 Å². The van der Waals surface area contributed by atoms with E-state index in [0.29, 0.717) is 21.4 Å². The van der Waals surface area contributed by atoms with E-state index in [0.717, 1.165) is 11.5 Å². The van der Waals surface area contributed by atoms with Crippen LogP contribution in [0.1, 0.15) is 84.9 Å². The average molecular weight is 511 g/mol. The van der Waals surface area contributed by atoms with E-state index in [1.807, 2.05) is 20.8 Å². The van der Waals surface area contributed by atoms with Crippen LogP contribution < -0.4 is 5.32 Å². The second-order valence-electron chi connectivity index (χ2n) is 10.7. The van der Waals surface area contributed by atoms with Gasteiger partial charge >= 0.3 is 0 Å². The minimum Gasteiger partial charge on any atom is -0.411 e. The minimum atomic E-state index is -0.357. The number of benzene rings is 1. The van der Waals surface area contributed by atoms with Gasteiger partial charge in [-0.2, -0.15) is 0 Å². The zero-order valence-corrected chi connectivity index (χ0v) is 21.6. The molecule has 0 atom stereocenters. The first kappa shape index (κ1) is 26.3. The highest BCUT2D eigenvalue weighted by Crippen LogP contribution is 2.34. The average Bonchev–Trinajstić information content (AvgIpc) is 3.32. The van der Waals surface area contributed by atoms with Gasteiger partial charge in [-0.15, -0.1) is 0 Å². The SMILES string of the molecule is CC(C)(C)CC1CCCC1.CC(C)(C)Nc1nonc1/C(Cc1ccc(F)c(Br)c1)=N/O. The summed E-state index contributed by atoms with van der Waals surface area (Å²) in [5.41, 5.74) is 1.65. The van der Waals surface area contributed by atoms with Crippen molar-refractivity contribution in [2.24, 2.45) is 16.5 Å². The van der Waals surface area contributed by atoms with Gasteiger partial charge in [0.25, 0.3) is 0 Å². The van der Waals surface area contributed by atoms with E-state index < -0.39 is 0 Å². The highest BCUT2D eigenvalue weighted by molar-refractivity contribution is 9.10. The Morgan fingerprint density at radius 2 is 1.84 bits per heavy atom. The molecule has 0 unspecified atom stereocenters. The number of hydrogen-bond donors (Lipinski definition) is 2. The van der Waals surface area contributed by atoms with E-state index in [4.69, 9.17) is 4.63 Å². The number of oxime groups is 1. The molecule has 0 bridgehead atoms. The maximum atomic E-state index is 13.3. The molecular weight excluding hydrogens is 475 g/mol. The number of halogens is 2. The maximum Gasteiger partial charge on any atom is 0.200 e. The molecule has 2 aromatic rings. The predicted octanol–water partition coefficient (Wildman–Crippen LogP) is 7.22. The van der Waals surface area contributed by atoms with Gasteiger partial charge < -0.3 is 10.5 Å². The van der Waals surface area contributed by atoms with Crippen LogP contribution in [0.2, 0.25) is 0 Å². The van der Waals surface area contributed by atoms with Crippen LogP contribution in [0.25, 0.3) is 0 Å². The van der Waals surface area contributed by atoms with Crippen LogP contribution in [-0.2, 0) is 6.42 Å². The van der Waals surface area contributed by atoms with E-state index in [1.165, 1.54) is 38.2 Å². The monoisotopic (exact) mass is 510 g/mol. The summed E-state index contributed by atoms with van der Waals surface area (Å²) in [6.07, 6.45) is 7.66. The molecule has 1 aromatic heterocycles. The lowest BCUT2D eigenvalue weighted by molar-refractivity contribution is 0.297. The van der Waals surface area contributed by atoms with Gasteiger partial charge in [-0.1, -0.05) is 57.7 Å². The van der Waals surface area contributed by atoms with Crippen LogP contribution in [0.3, 0.4) is 0 Å². The fourth-order valence-electron chi connectivity index (χ4n) is 3.91. The van der Waals surface area contributed by atoms with Crippen molar-refractivity contribution < 1.29 is 14.2 Å². The van der Waals surface area contributed by atoms with Crippen LogP contribution in [-0.4, -0.2) is 26.8 Å². The Morgan fingerprint density at radius 1 is 1.19 bits per heavy atom. The Labute approximate surface area is 199 Å². The third-order valence-corrected chi connectivity index (χ3v) is 5.72. The van der Waals surface area contributed by atoms with Crippen LogP contribution in [0.4, 0.5) is 10.2 Å². The Hall–Kier alpha value is -1.96. The molecule has 178 valence electrons. The van der Waals surface area contributed by atoms with Gasteiger partial charge in [-0.25, -0.2) is 9.02 Å². The quantitative estimate of drug-likeness (QED) is 0.252. The molecule has 0 spiro atoms. The Morgan fingerprint density at radius 3 is 2.38 bits per heavy atom. The third kappa shape index (κ3) is 8.88. The normalized spacial score (nSPS) is 15.4. The van der Waals surface area contributed by atoms with Gasteiger partial charge in [0.05, 0.1) is 4.47 Å². The molecule has 1 aliphatic rings. The summed E-state index contributed by atoms with van der Waals surface area (Å²) in [5, 5.41) is 23.2. The Kier molecular flexibility index (Phi) is 9.25. The topological polar surface area (TPSA) is 83.5 Å². The molecule has 1 saturated carbocycles. The Balaban J connectivity index is 0.000000303. The Bertz CT molecular complexity index is 894. The van der Waals surface area contributed by atoms with Crippen molar-refractivity contribution >= 4 is 27.5 Å². The van der Waals surface area contributed by atoms with Gasteiger partial charge in [-0.05, 0) is 82.5 Å². The van der Waals surface area contributed by atoms with Crippen LogP contribution in [0, 0.1) is 17.2 Å². The maximum absolute atomic E-state index is 13.3. The molecule has 3 rings (SSSR count). The van der Waals surface area contributed by atoms with Crippen LogP contribution in [0.5, 0.6) is 0 Å². The lowest BCUT2D eigenvalue weighted by atomic mass is 9.84. The first-order valence-corrected chi connectivity index (χ1v) is 11.9. The predicted molar refractivity (Wildman–Crippen MR) is 130 cm³/mol. The molecule has 0 aliphatic heterocycles. The van der Waals surface area contributed by atoms with E-state index >= 15 is 0 Å². The smallest absolute Gasteiger partial charge is 0.200 e. The summed E-state index contributed by atoms with van der Waals surface area (Å²) < 4.78 is 18.3. The number of nitrogens with one attached hydrogen (secondary N) is 1. The van der Waals surface area contributed by atoms with E-state index in [-0.39, 0.29) is 23.5 Å². The highest BCUT2D eigenvalue weighted by Gasteiger charge is 2.22. The summed E-state index contributed by atoms with van der Waals surface area (Å²) in [7, 11) is 0. The largest absolute Gasteiger partial charge is 0.411 e. The van der Waals surface area contributed by atoms with Gasteiger partial charge in [0.1, 0.15) is 11.5 Å². The highest BCUT2D eigenvalue weighted by atomic mass is 79.9. The molecule has 32 heavy (non-hydrogen) atoms. The van der Waals surface area contributed by atoms with Crippen molar-refractivity contribution in [1.29, 1.82) is 0 Å². The van der Waals surface area contributed by atoms with Crippen molar-refractivity contribution in [3.8, 4) is 0 Å². The summed E-state index contributed by atoms with van der Waals surface area (Å²) in [6.45, 7) is 12.9. The molecule has 1 aromatic carbocycles. The lowest BCUT2D eigenvalue weighted by Gasteiger charge is -2.22. The summed E-state index contributed by atoms with van der Waals surface area (Å²) in [6, 6.07) is 4.56. The number of hydrogen-bond acceptors (Lipinski definition) is 6. The van der Waals surface area contributed by atoms with Gasteiger partial charge in [0.15, 0.2) is 5.69 Å². The van der Waals surface area contributed by atoms with Crippen molar-refractivity contribution in [3.05, 3.63) is 39.7 Å². The van der Waals surface area contributed by atoms with E-state index in [1.54, 1.807) is 12.1 Å². The molecule has 8 heteroatoms. The fraction of sp³-hybridized carbons (Fsp3) is 0.625. The summed E-state index contributed by atoms with van der Waals surface area (Å²) in [5.74, 6) is 1.09. The molecule has 6 nitrogen and oxygen atoms in total. The van der Waals surface area contributed by atoms with Crippen molar-refractivity contribution in [1.82, 2.24) is 10.3 Å². The summed E-state index contributed by atoms with van der Waals surface area (Å²) >= 11 is 3.12. The van der Waals surface area contributed by atoms with Gasteiger partial charge in [-0.3, -0.25) is 0 Å². The second-order valence-corrected chi connectivity index (χ2v) is 11.6. The number of anilines is 1. The lowest BCUT2D eigenvalue weighted by Crippen LogP contribution is -2.27. The number of rotatable bonds is 5. The number of aromatic nitrogens is 2. The van der Waals surface area contributed by atoms with E-state index in [2.05, 4.69) is 57.5 Å². The molecule has 1 heterocycles.